The number of furan rings is 1. The normalized spacial score (nSPS) is 13.9. The molecule has 0 aliphatic carbocycles. The molecule has 1 saturated heterocycles. The Morgan fingerprint density at radius 1 is 0.820 bits per heavy atom. The van der Waals surface area contributed by atoms with E-state index in [9.17, 15) is 18.8 Å². The van der Waals surface area contributed by atoms with E-state index in [2.05, 4.69) is 10.6 Å². The molecule has 8 nitrogen and oxygen atoms in total. The van der Waals surface area contributed by atoms with Crippen LogP contribution in [0, 0.1) is 12.7 Å². The molecule has 1 aliphatic heterocycles. The summed E-state index contributed by atoms with van der Waals surface area (Å²) in [6, 6.07) is 34.0. The maximum absolute atomic E-state index is 14.2. The molecule has 1 aliphatic rings. The molecule has 2 N–H and O–H groups in total. The molecule has 0 saturated carbocycles. The second-order valence-corrected chi connectivity index (χ2v) is 13.4. The minimum Gasteiger partial charge on any atom is -0.457 e. The summed E-state index contributed by atoms with van der Waals surface area (Å²) in [4.78, 5) is 44.5. The Morgan fingerprint density at radius 2 is 1.50 bits per heavy atom. The van der Waals surface area contributed by atoms with Crippen LogP contribution in [0.1, 0.15) is 28.6 Å². The van der Waals surface area contributed by atoms with E-state index in [1.54, 1.807) is 54.6 Å². The van der Waals surface area contributed by atoms with Gasteiger partial charge in [-0.05, 0) is 74.5 Å². The van der Waals surface area contributed by atoms with Crippen molar-refractivity contribution in [2.75, 3.05) is 36.4 Å². The summed E-state index contributed by atoms with van der Waals surface area (Å²) >= 11 is 1.43. The standard InChI is InChI=1S/C40H37FN4O4S/c1-27-12-14-29(15-13-27)37-21-18-32(49-37)26-35(43-38(46)30-8-4-3-5-9-30)39(47)42-31-16-19-33(20-17-31)50-28(2)40(48)45-24-22-44(23-25-45)36-11-7-6-10-34(36)41/h3-21,26,28H,22-25H2,1-2H3,(H,42,47)(H,43,46)/b35-26-/t28-/m0/s1. The van der Waals surface area contributed by atoms with Crippen molar-refractivity contribution in [1.82, 2.24) is 10.2 Å². The van der Waals surface area contributed by atoms with Crippen LogP contribution < -0.4 is 15.5 Å². The predicted molar refractivity (Wildman–Crippen MR) is 196 cm³/mol. The number of benzene rings is 4. The molecule has 0 bridgehead atoms. The Morgan fingerprint density at radius 3 is 2.20 bits per heavy atom. The highest BCUT2D eigenvalue weighted by atomic mass is 32.2. The Labute approximate surface area is 295 Å². The minimum absolute atomic E-state index is 0.0106. The maximum Gasteiger partial charge on any atom is 0.272 e. The fraction of sp³-hybridized carbons (Fsp3) is 0.175. The van der Waals surface area contributed by atoms with Crippen molar-refractivity contribution in [3.63, 3.8) is 0 Å². The van der Waals surface area contributed by atoms with E-state index in [0.717, 1.165) is 16.0 Å². The zero-order valence-electron chi connectivity index (χ0n) is 27.8. The van der Waals surface area contributed by atoms with E-state index < -0.39 is 11.8 Å². The van der Waals surface area contributed by atoms with E-state index in [0.29, 0.717) is 54.6 Å². The van der Waals surface area contributed by atoms with E-state index in [1.807, 2.05) is 78.2 Å². The largest absolute Gasteiger partial charge is 0.457 e. The number of amides is 3. The molecule has 1 atom stereocenters. The Balaban J connectivity index is 1.09. The number of nitrogens with zero attached hydrogens (tertiary/aromatic N) is 2. The van der Waals surface area contributed by atoms with Gasteiger partial charge in [-0.3, -0.25) is 14.4 Å². The lowest BCUT2D eigenvalue weighted by atomic mass is 10.1. The number of piperazine rings is 1. The predicted octanol–water partition coefficient (Wildman–Crippen LogP) is 7.63. The second kappa shape index (κ2) is 15.7. The second-order valence-electron chi connectivity index (χ2n) is 11.9. The number of thioether (sulfide) groups is 1. The summed E-state index contributed by atoms with van der Waals surface area (Å²) in [7, 11) is 0. The van der Waals surface area contributed by atoms with Crippen molar-refractivity contribution in [3.05, 3.63) is 144 Å². The molecule has 0 spiro atoms. The van der Waals surface area contributed by atoms with Gasteiger partial charge in [-0.15, -0.1) is 11.8 Å². The van der Waals surface area contributed by atoms with Gasteiger partial charge >= 0.3 is 0 Å². The third-order valence-corrected chi connectivity index (χ3v) is 9.44. The molecule has 6 rings (SSSR count). The molecule has 254 valence electrons. The highest BCUT2D eigenvalue weighted by Crippen LogP contribution is 2.28. The van der Waals surface area contributed by atoms with Gasteiger partial charge in [0.1, 0.15) is 23.0 Å². The SMILES string of the molecule is Cc1ccc(-c2ccc(/C=C(\NC(=O)c3ccccc3)C(=O)Nc3ccc(S[C@@H](C)C(=O)N4CCN(c5ccccc5F)CC4)cc3)o2)cc1. The Bertz CT molecular complexity index is 1990. The first-order chi connectivity index (χ1) is 24.2. The molecule has 10 heteroatoms. The average molecular weight is 689 g/mol. The van der Waals surface area contributed by atoms with E-state index in [-0.39, 0.29) is 22.7 Å². The van der Waals surface area contributed by atoms with Crippen LogP contribution >= 0.6 is 11.8 Å². The summed E-state index contributed by atoms with van der Waals surface area (Å²) in [6.45, 7) is 6.05. The number of anilines is 2. The van der Waals surface area contributed by atoms with E-state index >= 15 is 0 Å². The highest BCUT2D eigenvalue weighted by Gasteiger charge is 2.26. The quantitative estimate of drug-likeness (QED) is 0.116. The van der Waals surface area contributed by atoms with Crippen LogP contribution in [-0.4, -0.2) is 54.1 Å². The van der Waals surface area contributed by atoms with Crippen molar-refractivity contribution in [2.24, 2.45) is 0 Å². The monoisotopic (exact) mass is 688 g/mol. The Hall–Kier alpha value is -5.61. The number of carbonyl (C=O) groups excluding carboxylic acids is 3. The fourth-order valence-corrected chi connectivity index (χ4v) is 6.54. The van der Waals surface area contributed by atoms with Crippen molar-refractivity contribution in [2.45, 2.75) is 24.0 Å². The summed E-state index contributed by atoms with van der Waals surface area (Å²) in [5.41, 5.74) is 3.52. The Kier molecular flexibility index (Phi) is 10.8. The van der Waals surface area contributed by atoms with Crippen LogP contribution in [-0.2, 0) is 9.59 Å². The van der Waals surface area contributed by atoms with Gasteiger partial charge in [0.2, 0.25) is 5.91 Å². The van der Waals surface area contributed by atoms with Crippen LogP contribution in [0.25, 0.3) is 17.4 Å². The van der Waals surface area contributed by atoms with Gasteiger partial charge in [0.25, 0.3) is 11.8 Å². The van der Waals surface area contributed by atoms with Crippen molar-refractivity contribution < 1.29 is 23.2 Å². The molecular formula is C40H37FN4O4S. The molecule has 3 amide bonds. The maximum atomic E-state index is 14.2. The third-order valence-electron chi connectivity index (χ3n) is 8.34. The number of hydrogen-bond acceptors (Lipinski definition) is 6. The number of para-hydroxylation sites is 1. The minimum atomic E-state index is -0.527. The fourth-order valence-electron chi connectivity index (χ4n) is 5.59. The summed E-state index contributed by atoms with van der Waals surface area (Å²) in [5.74, 6) is -0.162. The van der Waals surface area contributed by atoms with Crippen molar-refractivity contribution in [1.29, 1.82) is 0 Å². The van der Waals surface area contributed by atoms with Crippen LogP contribution in [0.4, 0.5) is 15.8 Å². The van der Waals surface area contributed by atoms with Crippen LogP contribution in [0.2, 0.25) is 0 Å². The summed E-state index contributed by atoms with van der Waals surface area (Å²) < 4.78 is 20.2. The van der Waals surface area contributed by atoms with E-state index in [1.165, 1.54) is 23.9 Å². The molecule has 0 radical (unpaired) electrons. The summed E-state index contributed by atoms with van der Waals surface area (Å²) in [6.07, 6.45) is 1.50. The molecule has 2 heterocycles. The molecule has 0 unspecified atom stereocenters. The lowest BCUT2D eigenvalue weighted by Gasteiger charge is -2.37. The molecular weight excluding hydrogens is 652 g/mol. The van der Waals surface area contributed by atoms with Crippen LogP contribution in [0.3, 0.4) is 0 Å². The molecule has 1 aromatic heterocycles. The van der Waals surface area contributed by atoms with Crippen LogP contribution in [0.5, 0.6) is 0 Å². The lowest BCUT2D eigenvalue weighted by Crippen LogP contribution is -2.50. The number of nitrogens with one attached hydrogen (secondary N) is 2. The average Bonchev–Trinajstić information content (AvgIpc) is 3.61. The van der Waals surface area contributed by atoms with Gasteiger partial charge in [-0.25, -0.2) is 4.39 Å². The van der Waals surface area contributed by atoms with Gasteiger partial charge < -0.3 is 24.9 Å². The number of aryl methyl sites for hydroxylation is 1. The molecule has 1 fully saturated rings. The topological polar surface area (TPSA) is 94.9 Å². The first-order valence-corrected chi connectivity index (χ1v) is 17.2. The first kappa shape index (κ1) is 34.3. The van der Waals surface area contributed by atoms with Gasteiger partial charge in [0.05, 0.1) is 10.9 Å². The van der Waals surface area contributed by atoms with Crippen molar-refractivity contribution >= 4 is 46.9 Å². The third kappa shape index (κ3) is 8.51. The number of carbonyl (C=O) groups is 3. The van der Waals surface area contributed by atoms with Gasteiger partial charge in [-0.1, -0.05) is 60.2 Å². The number of hydrogen-bond donors (Lipinski definition) is 2. The zero-order chi connectivity index (χ0) is 35.0. The highest BCUT2D eigenvalue weighted by molar-refractivity contribution is 8.00. The number of rotatable bonds is 10. The zero-order valence-corrected chi connectivity index (χ0v) is 28.6. The smallest absolute Gasteiger partial charge is 0.272 e. The lowest BCUT2D eigenvalue weighted by molar-refractivity contribution is -0.130. The van der Waals surface area contributed by atoms with Crippen LogP contribution in [0.15, 0.2) is 130 Å². The molecule has 50 heavy (non-hydrogen) atoms. The van der Waals surface area contributed by atoms with Gasteiger partial charge in [0, 0.05) is 54.0 Å². The van der Waals surface area contributed by atoms with Gasteiger partial charge in [0.15, 0.2) is 0 Å². The first-order valence-electron chi connectivity index (χ1n) is 16.3. The molecule has 5 aromatic rings. The van der Waals surface area contributed by atoms with E-state index in [4.69, 9.17) is 4.42 Å². The van der Waals surface area contributed by atoms with Gasteiger partial charge in [-0.2, -0.15) is 0 Å². The number of halogens is 1. The van der Waals surface area contributed by atoms with Crippen molar-refractivity contribution in [3.8, 4) is 11.3 Å². The molecule has 4 aromatic carbocycles. The summed E-state index contributed by atoms with van der Waals surface area (Å²) in [5, 5.41) is 5.26.